The van der Waals surface area contributed by atoms with Crippen molar-refractivity contribution in [2.75, 3.05) is 0 Å². The molecular weight excluding hydrogens is 472 g/mol. The predicted octanol–water partition coefficient (Wildman–Crippen LogP) is 9.94. The van der Waals surface area contributed by atoms with E-state index in [0.717, 1.165) is 60.1 Å². The van der Waals surface area contributed by atoms with Gasteiger partial charge in [0.05, 0.1) is 0 Å². The molecule has 0 aliphatic carbocycles. The molecule has 0 bridgehead atoms. The van der Waals surface area contributed by atoms with E-state index < -0.39 is 0 Å². The van der Waals surface area contributed by atoms with E-state index >= 15 is 0 Å². The highest BCUT2D eigenvalue weighted by atomic mass is 16.5. The van der Waals surface area contributed by atoms with E-state index in [2.05, 4.69) is 27.7 Å². The van der Waals surface area contributed by atoms with Crippen LogP contribution in [-0.2, 0) is 9.59 Å². The van der Waals surface area contributed by atoms with Gasteiger partial charge < -0.3 is 9.47 Å². The molecule has 0 aliphatic rings. The molecule has 0 fully saturated rings. The Balaban J connectivity index is 1.69. The summed E-state index contributed by atoms with van der Waals surface area (Å²) >= 11 is 0. The third-order valence-corrected chi connectivity index (χ3v) is 7.06. The second-order valence-corrected chi connectivity index (χ2v) is 11.7. The number of ether oxygens (including phenoxy) is 2. The molecule has 0 amide bonds. The monoisotopic (exact) mass is 518 g/mol. The number of hydrogen-bond donors (Lipinski definition) is 0. The molecule has 0 unspecified atom stereocenters. The van der Waals surface area contributed by atoms with Crippen molar-refractivity contribution in [1.29, 1.82) is 0 Å². The molecule has 0 aromatic heterocycles. The van der Waals surface area contributed by atoms with Gasteiger partial charge in [-0.15, -0.1) is 0 Å². The standard InChI is InChI=1S/C34H46O4/c1-5-6-7-9-12-23-30(35)37-32-26-19-14-16-21-28(26)33(29-22-17-15-20-27(29)32)38-31(36)24-13-10-8-11-18-25-34(2,3)4/h14-17,19-22H,5-13,18,23-25H2,1-4H3. The average molecular weight is 519 g/mol. The molecule has 3 aromatic carbocycles. The molecule has 0 spiro atoms. The van der Waals surface area contributed by atoms with Gasteiger partial charge in [0.25, 0.3) is 0 Å². The highest BCUT2D eigenvalue weighted by Gasteiger charge is 2.20. The zero-order valence-corrected chi connectivity index (χ0v) is 23.9. The molecule has 0 saturated heterocycles. The summed E-state index contributed by atoms with van der Waals surface area (Å²) in [6.45, 7) is 9.02. The van der Waals surface area contributed by atoms with Crippen molar-refractivity contribution in [2.45, 2.75) is 111 Å². The highest BCUT2D eigenvalue weighted by Crippen LogP contribution is 2.43. The van der Waals surface area contributed by atoms with Crippen molar-refractivity contribution in [3.63, 3.8) is 0 Å². The normalized spacial score (nSPS) is 11.7. The van der Waals surface area contributed by atoms with Gasteiger partial charge in [-0.25, -0.2) is 0 Å². The van der Waals surface area contributed by atoms with Gasteiger partial charge in [-0.3, -0.25) is 9.59 Å². The molecule has 38 heavy (non-hydrogen) atoms. The Morgan fingerprint density at radius 2 is 0.947 bits per heavy atom. The zero-order chi connectivity index (χ0) is 27.4. The van der Waals surface area contributed by atoms with Gasteiger partial charge in [0.1, 0.15) is 11.5 Å². The van der Waals surface area contributed by atoms with Crippen LogP contribution in [0.1, 0.15) is 111 Å². The fourth-order valence-corrected chi connectivity index (χ4v) is 4.93. The van der Waals surface area contributed by atoms with Crippen LogP contribution < -0.4 is 9.47 Å². The van der Waals surface area contributed by atoms with Crippen LogP contribution in [0.25, 0.3) is 21.5 Å². The van der Waals surface area contributed by atoms with Gasteiger partial charge in [-0.1, -0.05) is 128 Å². The van der Waals surface area contributed by atoms with Crippen molar-refractivity contribution in [2.24, 2.45) is 5.41 Å². The number of esters is 2. The topological polar surface area (TPSA) is 52.6 Å². The number of fused-ring (bicyclic) bond motifs is 2. The molecular formula is C34H46O4. The van der Waals surface area contributed by atoms with E-state index in [1.807, 2.05) is 48.5 Å². The van der Waals surface area contributed by atoms with Crippen LogP contribution >= 0.6 is 0 Å². The number of hydrogen-bond acceptors (Lipinski definition) is 4. The van der Waals surface area contributed by atoms with Crippen molar-refractivity contribution in [3.8, 4) is 11.5 Å². The third kappa shape index (κ3) is 9.15. The van der Waals surface area contributed by atoms with Gasteiger partial charge in [0, 0.05) is 34.4 Å². The molecule has 4 heteroatoms. The van der Waals surface area contributed by atoms with Crippen LogP contribution in [0.15, 0.2) is 48.5 Å². The number of benzene rings is 3. The maximum Gasteiger partial charge on any atom is 0.311 e. The van der Waals surface area contributed by atoms with E-state index in [1.54, 1.807) is 0 Å². The molecule has 0 saturated carbocycles. The minimum absolute atomic E-state index is 0.216. The first kappa shape index (κ1) is 29.7. The summed E-state index contributed by atoms with van der Waals surface area (Å²) in [7, 11) is 0. The first-order valence-electron chi connectivity index (χ1n) is 14.6. The Hall–Kier alpha value is -2.88. The van der Waals surface area contributed by atoms with Gasteiger partial charge in [0.15, 0.2) is 0 Å². The fraction of sp³-hybridized carbons (Fsp3) is 0.529. The molecule has 0 aliphatic heterocycles. The summed E-state index contributed by atoms with van der Waals surface area (Å²) < 4.78 is 12.0. The second kappa shape index (κ2) is 14.9. The van der Waals surface area contributed by atoms with E-state index in [-0.39, 0.29) is 11.9 Å². The van der Waals surface area contributed by atoms with E-state index in [9.17, 15) is 9.59 Å². The van der Waals surface area contributed by atoms with E-state index in [4.69, 9.17) is 9.47 Å². The molecule has 0 radical (unpaired) electrons. The average Bonchev–Trinajstić information content (AvgIpc) is 2.89. The lowest BCUT2D eigenvalue weighted by Crippen LogP contribution is -2.10. The molecule has 4 nitrogen and oxygen atoms in total. The summed E-state index contributed by atoms with van der Waals surface area (Å²) in [5.41, 5.74) is 0.386. The molecule has 206 valence electrons. The quantitative estimate of drug-likeness (QED) is 0.0869. The maximum absolute atomic E-state index is 12.9. The van der Waals surface area contributed by atoms with E-state index in [0.29, 0.717) is 29.8 Å². The Morgan fingerprint density at radius 1 is 0.579 bits per heavy atom. The van der Waals surface area contributed by atoms with Crippen LogP contribution in [0.4, 0.5) is 0 Å². The fourth-order valence-electron chi connectivity index (χ4n) is 4.93. The Bertz CT molecular complexity index is 1130. The first-order chi connectivity index (χ1) is 18.3. The number of unbranched alkanes of at least 4 members (excludes halogenated alkanes) is 8. The number of rotatable bonds is 15. The zero-order valence-electron chi connectivity index (χ0n) is 23.9. The lowest BCUT2D eigenvalue weighted by molar-refractivity contribution is -0.135. The molecule has 3 aromatic rings. The Morgan fingerprint density at radius 3 is 1.34 bits per heavy atom. The molecule has 0 N–H and O–H groups in total. The van der Waals surface area contributed by atoms with Gasteiger partial charge >= 0.3 is 11.9 Å². The molecule has 0 heterocycles. The van der Waals surface area contributed by atoms with Crippen LogP contribution in [0, 0.1) is 5.41 Å². The molecule has 3 rings (SSSR count). The smallest absolute Gasteiger partial charge is 0.311 e. The summed E-state index contributed by atoms with van der Waals surface area (Å²) in [6, 6.07) is 15.4. The maximum atomic E-state index is 12.9. The Labute approximate surface area is 229 Å². The van der Waals surface area contributed by atoms with Gasteiger partial charge in [-0.05, 0) is 24.7 Å². The summed E-state index contributed by atoms with van der Waals surface area (Å²) in [6.07, 6.45) is 12.9. The van der Waals surface area contributed by atoms with Crippen molar-refractivity contribution < 1.29 is 19.1 Å². The number of carbonyl (C=O) groups excluding carboxylic acids is 2. The third-order valence-electron chi connectivity index (χ3n) is 7.06. The number of carbonyl (C=O) groups is 2. The van der Waals surface area contributed by atoms with Crippen molar-refractivity contribution >= 4 is 33.5 Å². The molecule has 0 atom stereocenters. The van der Waals surface area contributed by atoms with Crippen molar-refractivity contribution in [3.05, 3.63) is 48.5 Å². The summed E-state index contributed by atoms with van der Waals surface area (Å²) in [5.74, 6) is 0.659. The van der Waals surface area contributed by atoms with Crippen LogP contribution in [-0.4, -0.2) is 11.9 Å². The van der Waals surface area contributed by atoms with Gasteiger partial charge in [0.2, 0.25) is 0 Å². The van der Waals surface area contributed by atoms with Gasteiger partial charge in [-0.2, -0.15) is 0 Å². The summed E-state index contributed by atoms with van der Waals surface area (Å²) in [4.78, 5) is 25.6. The summed E-state index contributed by atoms with van der Waals surface area (Å²) in [5, 5.41) is 3.14. The predicted molar refractivity (Wildman–Crippen MR) is 158 cm³/mol. The minimum atomic E-state index is -0.218. The lowest BCUT2D eigenvalue weighted by atomic mass is 9.89. The van der Waals surface area contributed by atoms with Crippen LogP contribution in [0.5, 0.6) is 11.5 Å². The van der Waals surface area contributed by atoms with E-state index in [1.165, 1.54) is 32.1 Å². The Kier molecular flexibility index (Phi) is 11.6. The highest BCUT2D eigenvalue weighted by molar-refractivity contribution is 6.12. The minimum Gasteiger partial charge on any atom is -0.425 e. The van der Waals surface area contributed by atoms with Crippen LogP contribution in [0.2, 0.25) is 0 Å². The van der Waals surface area contributed by atoms with Crippen molar-refractivity contribution in [1.82, 2.24) is 0 Å². The second-order valence-electron chi connectivity index (χ2n) is 11.7. The largest absolute Gasteiger partial charge is 0.425 e. The lowest BCUT2D eigenvalue weighted by Gasteiger charge is -2.17. The first-order valence-corrected chi connectivity index (χ1v) is 14.6. The SMILES string of the molecule is CCCCCCCC(=O)Oc1c2ccccc2c(OC(=O)CCCCCCCC(C)(C)C)c2ccccc12. The van der Waals surface area contributed by atoms with Crippen LogP contribution in [0.3, 0.4) is 0 Å².